The molecule has 0 atom stereocenters. The third kappa shape index (κ3) is 2.85. The highest BCUT2D eigenvalue weighted by Gasteiger charge is 2.12. The van der Waals surface area contributed by atoms with Crippen LogP contribution in [0.15, 0.2) is 34.9 Å². The highest BCUT2D eigenvalue weighted by Crippen LogP contribution is 2.19. The maximum atomic E-state index is 10.5. The van der Waals surface area contributed by atoms with Crippen molar-refractivity contribution < 1.29 is 14.4 Å². The van der Waals surface area contributed by atoms with Crippen LogP contribution in [-0.2, 0) is 4.79 Å². The molecule has 18 heavy (non-hydrogen) atoms. The number of benzene rings is 1. The molecule has 0 aliphatic rings. The average molecular weight is 247 g/mol. The molecule has 0 aliphatic carbocycles. The molecule has 0 radical (unpaired) electrons. The number of hydrogen-bond donors (Lipinski definition) is 1. The van der Waals surface area contributed by atoms with Gasteiger partial charge in [0.2, 0.25) is 0 Å². The number of carboxylic acids is 1. The predicted octanol–water partition coefficient (Wildman–Crippen LogP) is 1.65. The number of aromatic nitrogens is 2. The Labute approximate surface area is 104 Å². The Morgan fingerprint density at radius 3 is 2.78 bits per heavy atom. The Kier molecular flexibility index (Phi) is 3.57. The Morgan fingerprint density at radius 1 is 1.39 bits per heavy atom. The summed E-state index contributed by atoms with van der Waals surface area (Å²) < 4.78 is 5.13. The summed E-state index contributed by atoms with van der Waals surface area (Å²) in [6, 6.07) is 9.41. The molecule has 0 unspecified atom stereocenters. The molecule has 0 amide bonds. The number of carbonyl (C=O) groups is 1. The van der Waals surface area contributed by atoms with E-state index in [2.05, 4.69) is 10.1 Å². The van der Waals surface area contributed by atoms with Gasteiger partial charge < -0.3 is 14.5 Å². The average Bonchev–Trinajstić information content (AvgIpc) is 2.86. The molecule has 0 spiro atoms. The van der Waals surface area contributed by atoms with Crippen molar-refractivity contribution in [2.45, 2.75) is 6.42 Å². The molecule has 1 aromatic heterocycles. The second-order valence-electron chi connectivity index (χ2n) is 3.83. The van der Waals surface area contributed by atoms with Crippen LogP contribution in [0.2, 0.25) is 0 Å². The molecule has 0 saturated carbocycles. The Bertz CT molecular complexity index is 524. The largest absolute Gasteiger partial charge is 0.481 e. The molecule has 6 nitrogen and oxygen atoms in total. The predicted molar refractivity (Wildman–Crippen MR) is 65.3 cm³/mol. The van der Waals surface area contributed by atoms with E-state index in [0.717, 1.165) is 5.56 Å². The van der Waals surface area contributed by atoms with Crippen LogP contribution in [0.5, 0.6) is 0 Å². The van der Waals surface area contributed by atoms with E-state index in [4.69, 9.17) is 9.63 Å². The minimum Gasteiger partial charge on any atom is -0.481 e. The fraction of sp³-hybridized carbons (Fsp3) is 0.250. The highest BCUT2D eigenvalue weighted by atomic mass is 16.5. The van der Waals surface area contributed by atoms with E-state index in [9.17, 15) is 4.79 Å². The first-order valence-electron chi connectivity index (χ1n) is 5.49. The molecule has 0 aliphatic heterocycles. The summed E-state index contributed by atoms with van der Waals surface area (Å²) in [5.74, 6) is -0.0449. The van der Waals surface area contributed by atoms with Gasteiger partial charge in [-0.3, -0.25) is 4.79 Å². The standard InChI is InChI=1S/C12H13N3O3/c1-15(8-7-10(16)17)12-13-11(18-14-12)9-5-3-2-4-6-9/h2-6H,7-8H2,1H3,(H,16,17). The zero-order valence-corrected chi connectivity index (χ0v) is 9.91. The summed E-state index contributed by atoms with van der Waals surface area (Å²) in [6.07, 6.45) is 0.0334. The van der Waals surface area contributed by atoms with Gasteiger partial charge in [-0.15, -0.1) is 0 Å². The maximum absolute atomic E-state index is 10.5. The number of rotatable bonds is 5. The van der Waals surface area contributed by atoms with Gasteiger partial charge in [-0.25, -0.2) is 0 Å². The summed E-state index contributed by atoms with van der Waals surface area (Å²) in [5, 5.41) is 12.4. The van der Waals surface area contributed by atoms with E-state index in [1.807, 2.05) is 30.3 Å². The van der Waals surface area contributed by atoms with Gasteiger partial charge >= 0.3 is 5.97 Å². The van der Waals surface area contributed by atoms with E-state index >= 15 is 0 Å². The molecular weight excluding hydrogens is 234 g/mol. The van der Waals surface area contributed by atoms with Crippen LogP contribution in [0.1, 0.15) is 6.42 Å². The first kappa shape index (κ1) is 12.1. The van der Waals surface area contributed by atoms with Gasteiger partial charge in [-0.05, 0) is 17.3 Å². The molecule has 6 heteroatoms. The number of nitrogens with zero attached hydrogens (tertiary/aromatic N) is 3. The number of anilines is 1. The summed E-state index contributed by atoms with van der Waals surface area (Å²) in [7, 11) is 1.72. The van der Waals surface area contributed by atoms with Gasteiger partial charge in [0.05, 0.1) is 6.42 Å². The van der Waals surface area contributed by atoms with Crippen molar-refractivity contribution in [1.29, 1.82) is 0 Å². The van der Waals surface area contributed by atoms with Gasteiger partial charge in [-0.1, -0.05) is 18.2 Å². The molecule has 1 N–H and O–H groups in total. The van der Waals surface area contributed by atoms with Gasteiger partial charge in [0.15, 0.2) is 0 Å². The first-order chi connectivity index (χ1) is 8.66. The van der Waals surface area contributed by atoms with Crippen LogP contribution in [-0.4, -0.2) is 34.8 Å². The highest BCUT2D eigenvalue weighted by molar-refractivity contribution is 5.67. The van der Waals surface area contributed by atoms with E-state index in [1.54, 1.807) is 11.9 Å². The number of aliphatic carboxylic acids is 1. The summed E-state index contributed by atoms with van der Waals surface area (Å²) in [6.45, 7) is 0.336. The minimum atomic E-state index is -0.853. The van der Waals surface area contributed by atoms with Crippen molar-refractivity contribution >= 4 is 11.9 Å². The second kappa shape index (κ2) is 5.31. The lowest BCUT2D eigenvalue weighted by Crippen LogP contribution is -2.21. The van der Waals surface area contributed by atoms with Crippen molar-refractivity contribution in [3.8, 4) is 11.5 Å². The number of hydrogen-bond acceptors (Lipinski definition) is 5. The van der Waals surface area contributed by atoms with E-state index in [-0.39, 0.29) is 6.42 Å². The Hall–Kier alpha value is -2.37. The molecular formula is C12H13N3O3. The van der Waals surface area contributed by atoms with Crippen molar-refractivity contribution in [3.63, 3.8) is 0 Å². The molecule has 0 saturated heterocycles. The first-order valence-corrected chi connectivity index (χ1v) is 5.49. The minimum absolute atomic E-state index is 0.0334. The Balaban J connectivity index is 2.08. The van der Waals surface area contributed by atoms with Crippen LogP contribution >= 0.6 is 0 Å². The van der Waals surface area contributed by atoms with Crippen molar-refractivity contribution in [2.75, 3.05) is 18.5 Å². The third-order valence-corrected chi connectivity index (χ3v) is 2.44. The Morgan fingerprint density at radius 2 is 2.11 bits per heavy atom. The van der Waals surface area contributed by atoms with Gasteiger partial charge in [-0.2, -0.15) is 4.98 Å². The van der Waals surface area contributed by atoms with Crippen molar-refractivity contribution in [3.05, 3.63) is 30.3 Å². The van der Waals surface area contributed by atoms with Gasteiger partial charge in [0.1, 0.15) is 0 Å². The normalized spacial score (nSPS) is 10.3. The summed E-state index contributed by atoms with van der Waals surface area (Å²) >= 11 is 0. The van der Waals surface area contributed by atoms with Gasteiger partial charge in [0.25, 0.3) is 11.8 Å². The SMILES string of the molecule is CN(CCC(=O)O)c1noc(-c2ccccc2)n1. The maximum Gasteiger partial charge on any atom is 0.305 e. The summed E-state index contributed by atoms with van der Waals surface area (Å²) in [5.41, 5.74) is 0.836. The third-order valence-electron chi connectivity index (χ3n) is 2.44. The molecule has 2 rings (SSSR count). The molecule has 1 heterocycles. The lowest BCUT2D eigenvalue weighted by Gasteiger charge is -2.11. The summed E-state index contributed by atoms with van der Waals surface area (Å²) in [4.78, 5) is 16.3. The lowest BCUT2D eigenvalue weighted by atomic mass is 10.2. The van der Waals surface area contributed by atoms with E-state index in [0.29, 0.717) is 18.4 Å². The molecule has 1 aromatic carbocycles. The molecule has 0 bridgehead atoms. The van der Waals surface area contributed by atoms with Crippen LogP contribution in [0.3, 0.4) is 0 Å². The van der Waals surface area contributed by atoms with Crippen LogP contribution < -0.4 is 4.90 Å². The van der Waals surface area contributed by atoms with Gasteiger partial charge in [0, 0.05) is 19.2 Å². The van der Waals surface area contributed by atoms with Crippen LogP contribution in [0.4, 0.5) is 5.95 Å². The number of carboxylic acid groups (broad SMARTS) is 1. The topological polar surface area (TPSA) is 79.5 Å². The zero-order valence-electron chi connectivity index (χ0n) is 9.91. The molecule has 2 aromatic rings. The van der Waals surface area contributed by atoms with Crippen molar-refractivity contribution in [2.24, 2.45) is 0 Å². The molecule has 94 valence electrons. The van der Waals surface area contributed by atoms with Crippen molar-refractivity contribution in [1.82, 2.24) is 10.1 Å². The second-order valence-corrected chi connectivity index (χ2v) is 3.83. The monoisotopic (exact) mass is 247 g/mol. The lowest BCUT2D eigenvalue weighted by molar-refractivity contribution is -0.136. The van der Waals surface area contributed by atoms with Crippen LogP contribution in [0.25, 0.3) is 11.5 Å². The fourth-order valence-electron chi connectivity index (χ4n) is 1.43. The van der Waals surface area contributed by atoms with E-state index in [1.165, 1.54) is 0 Å². The van der Waals surface area contributed by atoms with E-state index < -0.39 is 5.97 Å². The fourth-order valence-corrected chi connectivity index (χ4v) is 1.43. The zero-order chi connectivity index (χ0) is 13.0. The smallest absolute Gasteiger partial charge is 0.305 e. The quantitative estimate of drug-likeness (QED) is 0.865. The molecule has 0 fully saturated rings. The van der Waals surface area contributed by atoms with Crippen LogP contribution in [0, 0.1) is 0 Å².